The molecule has 0 bridgehead atoms. The molecule has 0 saturated carbocycles. The van der Waals surface area contributed by atoms with Crippen molar-refractivity contribution in [2.45, 2.75) is 24.3 Å². The Labute approximate surface area is 126 Å². The highest BCUT2D eigenvalue weighted by atomic mass is 32.2. The SMILES string of the molecule is Cc1ccc(S(=O)(=O)NC(=O)N[C@H](CC(=O)O)C(=O)O)cc1. The van der Waals surface area contributed by atoms with Crippen LogP contribution >= 0.6 is 0 Å². The predicted octanol–water partition coefficient (Wildman–Crippen LogP) is -0.0892. The van der Waals surface area contributed by atoms with Gasteiger partial charge < -0.3 is 15.5 Å². The Morgan fingerprint density at radius 2 is 1.68 bits per heavy atom. The van der Waals surface area contributed by atoms with Crippen LogP contribution in [0.15, 0.2) is 29.2 Å². The Hall–Kier alpha value is -2.62. The van der Waals surface area contributed by atoms with Crippen molar-refractivity contribution in [3.63, 3.8) is 0 Å². The van der Waals surface area contributed by atoms with Gasteiger partial charge in [-0.15, -0.1) is 0 Å². The first-order valence-electron chi connectivity index (χ1n) is 5.96. The molecule has 22 heavy (non-hydrogen) atoms. The van der Waals surface area contributed by atoms with Gasteiger partial charge in [0.15, 0.2) is 0 Å². The third kappa shape index (κ3) is 5.05. The first-order valence-corrected chi connectivity index (χ1v) is 7.44. The molecule has 1 rings (SSSR count). The third-order valence-corrected chi connectivity index (χ3v) is 3.89. The second-order valence-electron chi connectivity index (χ2n) is 4.38. The Balaban J connectivity index is 2.80. The zero-order chi connectivity index (χ0) is 16.9. The van der Waals surface area contributed by atoms with Crippen LogP contribution in [0.5, 0.6) is 0 Å². The molecule has 0 aromatic heterocycles. The van der Waals surface area contributed by atoms with E-state index in [0.29, 0.717) is 0 Å². The average molecular weight is 330 g/mol. The van der Waals surface area contributed by atoms with Gasteiger partial charge in [-0.2, -0.15) is 0 Å². The molecule has 1 aromatic rings. The van der Waals surface area contributed by atoms with E-state index in [4.69, 9.17) is 10.2 Å². The molecule has 4 N–H and O–H groups in total. The summed E-state index contributed by atoms with van der Waals surface area (Å²) in [5.74, 6) is -3.04. The Morgan fingerprint density at radius 3 is 2.14 bits per heavy atom. The maximum absolute atomic E-state index is 11.9. The molecule has 0 unspecified atom stereocenters. The number of urea groups is 1. The van der Waals surface area contributed by atoms with E-state index in [1.807, 2.05) is 0 Å². The molecule has 2 amide bonds. The van der Waals surface area contributed by atoms with E-state index < -0.39 is 40.5 Å². The normalized spacial score (nSPS) is 12.2. The number of amides is 2. The molecule has 0 aliphatic carbocycles. The lowest BCUT2D eigenvalue weighted by Crippen LogP contribution is -2.48. The van der Waals surface area contributed by atoms with E-state index in [1.54, 1.807) is 17.0 Å². The quantitative estimate of drug-likeness (QED) is 0.569. The fourth-order valence-corrected chi connectivity index (χ4v) is 2.38. The van der Waals surface area contributed by atoms with E-state index in [2.05, 4.69) is 0 Å². The number of rotatable bonds is 6. The fourth-order valence-electron chi connectivity index (χ4n) is 1.46. The molecular weight excluding hydrogens is 316 g/mol. The number of benzene rings is 1. The molecule has 120 valence electrons. The van der Waals surface area contributed by atoms with Crippen LogP contribution in [0.1, 0.15) is 12.0 Å². The van der Waals surface area contributed by atoms with Crippen LogP contribution in [0.3, 0.4) is 0 Å². The van der Waals surface area contributed by atoms with Gasteiger partial charge in [-0.1, -0.05) is 17.7 Å². The van der Waals surface area contributed by atoms with E-state index in [-0.39, 0.29) is 4.90 Å². The van der Waals surface area contributed by atoms with E-state index in [9.17, 15) is 22.8 Å². The summed E-state index contributed by atoms with van der Waals surface area (Å²) < 4.78 is 25.4. The van der Waals surface area contributed by atoms with Crippen LogP contribution in [-0.4, -0.2) is 42.6 Å². The highest BCUT2D eigenvalue weighted by Gasteiger charge is 2.25. The lowest BCUT2D eigenvalue weighted by Gasteiger charge is -2.13. The van der Waals surface area contributed by atoms with Crippen molar-refractivity contribution in [3.8, 4) is 0 Å². The molecule has 0 aliphatic heterocycles. The van der Waals surface area contributed by atoms with Gasteiger partial charge in [-0.3, -0.25) is 4.79 Å². The maximum Gasteiger partial charge on any atom is 0.329 e. The van der Waals surface area contributed by atoms with Gasteiger partial charge in [0.05, 0.1) is 11.3 Å². The molecular formula is C12H14N2O7S. The van der Waals surface area contributed by atoms with E-state index >= 15 is 0 Å². The van der Waals surface area contributed by atoms with Crippen LogP contribution in [0.25, 0.3) is 0 Å². The second kappa shape index (κ2) is 6.89. The molecule has 0 heterocycles. The van der Waals surface area contributed by atoms with Crippen LogP contribution < -0.4 is 10.0 Å². The van der Waals surface area contributed by atoms with Gasteiger partial charge in [0.2, 0.25) is 0 Å². The minimum absolute atomic E-state index is 0.182. The van der Waals surface area contributed by atoms with Crippen molar-refractivity contribution >= 4 is 28.0 Å². The van der Waals surface area contributed by atoms with Gasteiger partial charge in [-0.25, -0.2) is 22.7 Å². The van der Waals surface area contributed by atoms with Gasteiger partial charge in [0.1, 0.15) is 6.04 Å². The molecule has 1 aromatic carbocycles. The summed E-state index contributed by atoms with van der Waals surface area (Å²) in [6.07, 6.45) is -0.882. The molecule has 9 nitrogen and oxygen atoms in total. The van der Waals surface area contributed by atoms with E-state index in [1.165, 1.54) is 24.3 Å². The summed E-state index contributed by atoms with van der Waals surface area (Å²) in [6, 6.07) is 2.53. The maximum atomic E-state index is 11.9. The summed E-state index contributed by atoms with van der Waals surface area (Å²) in [7, 11) is -4.18. The Bertz CT molecular complexity index is 682. The number of carboxylic acid groups (broad SMARTS) is 2. The molecule has 1 atom stereocenters. The topological polar surface area (TPSA) is 150 Å². The highest BCUT2D eigenvalue weighted by molar-refractivity contribution is 7.90. The van der Waals surface area contributed by atoms with Gasteiger partial charge in [0.25, 0.3) is 10.0 Å². The number of aryl methyl sites for hydroxylation is 1. The lowest BCUT2D eigenvalue weighted by molar-refractivity contribution is -0.145. The molecule has 0 spiro atoms. The third-order valence-electron chi connectivity index (χ3n) is 2.54. The highest BCUT2D eigenvalue weighted by Crippen LogP contribution is 2.09. The number of carboxylic acids is 2. The van der Waals surface area contributed by atoms with Gasteiger partial charge >= 0.3 is 18.0 Å². The molecule has 0 fully saturated rings. The average Bonchev–Trinajstić information content (AvgIpc) is 2.37. The smallest absolute Gasteiger partial charge is 0.329 e. The number of sulfonamides is 1. The molecule has 0 saturated heterocycles. The van der Waals surface area contributed by atoms with Gasteiger partial charge in [0, 0.05) is 0 Å². The van der Waals surface area contributed by atoms with Crippen molar-refractivity contribution in [1.82, 2.24) is 10.0 Å². The number of hydrogen-bond acceptors (Lipinski definition) is 5. The van der Waals surface area contributed by atoms with Crippen molar-refractivity contribution in [3.05, 3.63) is 29.8 Å². The summed E-state index contributed by atoms with van der Waals surface area (Å²) in [5, 5.41) is 19.1. The fraction of sp³-hybridized carbons (Fsp3) is 0.250. The van der Waals surface area contributed by atoms with Crippen LogP contribution in [0, 0.1) is 6.92 Å². The number of aliphatic carboxylic acids is 2. The number of nitrogens with one attached hydrogen (secondary N) is 2. The Morgan fingerprint density at radius 1 is 1.14 bits per heavy atom. The van der Waals surface area contributed by atoms with Crippen molar-refractivity contribution in [2.24, 2.45) is 0 Å². The van der Waals surface area contributed by atoms with Crippen molar-refractivity contribution in [1.29, 1.82) is 0 Å². The second-order valence-corrected chi connectivity index (χ2v) is 6.06. The van der Waals surface area contributed by atoms with Crippen LogP contribution in [-0.2, 0) is 19.6 Å². The van der Waals surface area contributed by atoms with Crippen molar-refractivity contribution in [2.75, 3.05) is 0 Å². The van der Waals surface area contributed by atoms with Crippen LogP contribution in [0.4, 0.5) is 4.79 Å². The monoisotopic (exact) mass is 330 g/mol. The largest absolute Gasteiger partial charge is 0.481 e. The van der Waals surface area contributed by atoms with Crippen LogP contribution in [0.2, 0.25) is 0 Å². The summed E-state index contributed by atoms with van der Waals surface area (Å²) in [6.45, 7) is 1.75. The molecule has 0 aliphatic rings. The first-order chi connectivity index (χ1) is 10.1. The summed E-state index contributed by atoms with van der Waals surface area (Å²) in [5.41, 5.74) is 0.816. The minimum atomic E-state index is -4.18. The number of hydrogen-bond donors (Lipinski definition) is 4. The standard InChI is InChI=1S/C12H14N2O7S/c1-7-2-4-8(5-3-7)22(20,21)14-12(19)13-9(11(17)18)6-10(15)16/h2-5,9H,6H2,1H3,(H,15,16)(H,17,18)(H2,13,14,19)/t9-/m1/s1. The van der Waals surface area contributed by atoms with Gasteiger partial charge in [-0.05, 0) is 19.1 Å². The molecule has 0 radical (unpaired) electrons. The lowest BCUT2D eigenvalue weighted by atomic mass is 10.2. The number of carbonyl (C=O) groups is 3. The zero-order valence-electron chi connectivity index (χ0n) is 11.4. The van der Waals surface area contributed by atoms with E-state index in [0.717, 1.165) is 5.56 Å². The summed E-state index contributed by atoms with van der Waals surface area (Å²) in [4.78, 5) is 32.6. The minimum Gasteiger partial charge on any atom is -0.481 e. The summed E-state index contributed by atoms with van der Waals surface area (Å²) >= 11 is 0. The zero-order valence-corrected chi connectivity index (χ0v) is 12.3. The predicted molar refractivity (Wildman–Crippen MR) is 73.7 cm³/mol. The Kier molecular flexibility index (Phi) is 5.46. The molecule has 10 heteroatoms. The number of carbonyl (C=O) groups excluding carboxylic acids is 1. The first kappa shape index (κ1) is 17.4. The van der Waals surface area contributed by atoms with Crippen molar-refractivity contribution < 1.29 is 33.0 Å².